The van der Waals surface area contributed by atoms with Gasteiger partial charge in [0.25, 0.3) is 0 Å². The largest absolute Gasteiger partial charge is 0.490 e. The van der Waals surface area contributed by atoms with Gasteiger partial charge in [-0.05, 0) is 137 Å². The number of hydrogen-bond acceptors (Lipinski definition) is 32. The first-order valence-corrected chi connectivity index (χ1v) is 41.9. The lowest BCUT2D eigenvalue weighted by atomic mass is 10.0. The molecule has 8 aromatic heterocycles. The van der Waals surface area contributed by atoms with Crippen molar-refractivity contribution in [1.29, 1.82) is 0 Å². The van der Waals surface area contributed by atoms with E-state index in [0.29, 0.717) is 214 Å². The number of cyclic esters (lactones) is 2. The number of hydrogen-bond donors (Lipinski definition) is 4. The maximum atomic E-state index is 12.6. The van der Waals surface area contributed by atoms with Crippen molar-refractivity contribution < 1.29 is 76.0 Å². The highest BCUT2D eigenvalue weighted by molar-refractivity contribution is 5.96. The Labute approximate surface area is 712 Å². The SMILES string of the molecule is CC(C)[C@H]1CCC(=O)N1c1ccnc(N[C@@H](C)c2ccc(OCCOCCOCCOCCOc3ccc([C@H](C)Nc4nccc(N5C(=O)OC[C@@H]5C(C)C)n4)nc3)cn2)n1.CC(C)[C@H]1CCC(=O)N1c1ccnc(N[C@@H](C)c2ccc(OCCOCCOCCOCCOc3ccc([C@H](C)Nc4nccc(N5C(=O)OC[C@@H]5C(C)C)n4)nc3)cn2)n1. The molecular weight excluding hydrogens is 1570 g/mol. The molecule has 122 heavy (non-hydrogen) atoms. The van der Waals surface area contributed by atoms with Gasteiger partial charge in [-0.3, -0.25) is 49.1 Å². The lowest BCUT2D eigenvalue weighted by molar-refractivity contribution is -0.118. The average molecular weight is 1690 g/mol. The van der Waals surface area contributed by atoms with Gasteiger partial charge in [0.1, 0.15) is 85.9 Å². The smallest absolute Gasteiger partial charge is 0.415 e. The lowest BCUT2D eigenvalue weighted by Gasteiger charge is -2.27. The molecule has 0 unspecified atom stereocenters. The molecule has 36 heteroatoms. The van der Waals surface area contributed by atoms with Gasteiger partial charge >= 0.3 is 12.2 Å². The Hall–Kier alpha value is -11.4. The number of pyridine rings is 4. The van der Waals surface area contributed by atoms with Gasteiger partial charge in [0.2, 0.25) is 35.6 Å². The summed E-state index contributed by atoms with van der Waals surface area (Å²) in [6.45, 7) is 31.8. The average Bonchev–Trinajstić information content (AvgIpc) is 1.66. The van der Waals surface area contributed by atoms with Crippen LogP contribution in [-0.4, -0.2) is 227 Å². The van der Waals surface area contributed by atoms with Crippen molar-refractivity contribution in [2.45, 2.75) is 157 Å². The van der Waals surface area contributed by atoms with Gasteiger partial charge in [-0.2, -0.15) is 19.9 Å². The summed E-state index contributed by atoms with van der Waals surface area (Å²) in [6.07, 6.45) is 15.2. The van der Waals surface area contributed by atoms with Crippen LogP contribution in [0.1, 0.15) is 156 Å². The molecule has 0 aliphatic carbocycles. The number of rotatable bonds is 48. The molecule has 12 heterocycles. The van der Waals surface area contributed by atoms with Gasteiger partial charge in [-0.1, -0.05) is 55.4 Å². The van der Waals surface area contributed by atoms with E-state index < -0.39 is 12.2 Å². The Kier molecular flexibility index (Phi) is 34.8. The molecule has 4 N–H and O–H groups in total. The maximum absolute atomic E-state index is 12.6. The molecule has 12 rings (SSSR count). The molecule has 4 aliphatic rings. The van der Waals surface area contributed by atoms with Crippen LogP contribution >= 0.6 is 0 Å². The lowest BCUT2D eigenvalue weighted by Crippen LogP contribution is -2.37. The molecule has 4 aliphatic heterocycles. The van der Waals surface area contributed by atoms with Crippen LogP contribution in [0.3, 0.4) is 0 Å². The summed E-state index contributed by atoms with van der Waals surface area (Å²) in [7, 11) is 0. The zero-order valence-electron chi connectivity index (χ0n) is 71.7. The van der Waals surface area contributed by atoms with E-state index >= 15 is 0 Å². The fraction of sp³-hybridized carbons (Fsp3) is 0.535. The maximum Gasteiger partial charge on any atom is 0.415 e. The first kappa shape index (κ1) is 91.3. The minimum Gasteiger partial charge on any atom is -0.490 e. The van der Waals surface area contributed by atoms with Crippen molar-refractivity contribution in [1.82, 2.24) is 59.8 Å². The van der Waals surface area contributed by atoms with Gasteiger partial charge in [0, 0.05) is 49.7 Å². The van der Waals surface area contributed by atoms with E-state index in [-0.39, 0.29) is 72.0 Å². The number of aromatic nitrogens is 12. The van der Waals surface area contributed by atoms with Crippen molar-refractivity contribution in [3.63, 3.8) is 0 Å². The zero-order chi connectivity index (χ0) is 86.3. The molecule has 0 aromatic carbocycles. The first-order chi connectivity index (χ1) is 59.1. The van der Waals surface area contributed by atoms with Crippen LogP contribution in [0.4, 0.5) is 56.7 Å². The topological polar surface area (TPSA) is 395 Å². The first-order valence-electron chi connectivity index (χ1n) is 41.9. The number of amides is 4. The van der Waals surface area contributed by atoms with E-state index in [1.165, 1.54) is 0 Å². The second-order valence-electron chi connectivity index (χ2n) is 30.9. The minimum atomic E-state index is -0.403. The molecule has 4 saturated heterocycles. The summed E-state index contributed by atoms with van der Waals surface area (Å²) < 4.78 is 67.4. The number of carbonyl (C=O) groups excluding carboxylic acids is 4. The summed E-state index contributed by atoms with van der Waals surface area (Å²) in [5.74, 6) is 7.73. The quantitative estimate of drug-likeness (QED) is 0.0257. The van der Waals surface area contributed by atoms with E-state index in [1.807, 2.05) is 104 Å². The van der Waals surface area contributed by atoms with Crippen LogP contribution in [-0.2, 0) is 47.5 Å². The van der Waals surface area contributed by atoms with Crippen LogP contribution < -0.4 is 59.8 Å². The predicted octanol–water partition coefficient (Wildman–Crippen LogP) is 12.1. The Morgan fingerprint density at radius 3 is 0.779 bits per heavy atom. The zero-order valence-corrected chi connectivity index (χ0v) is 71.7. The Bertz CT molecular complexity index is 3980. The van der Waals surface area contributed by atoms with Gasteiger partial charge in [0.05, 0.1) is 163 Å². The molecule has 36 nitrogen and oxygen atoms in total. The molecule has 0 saturated carbocycles. The molecule has 8 atom stereocenters. The third-order valence-corrected chi connectivity index (χ3v) is 20.6. The molecular formula is C86H116N20O16. The van der Waals surface area contributed by atoms with Crippen LogP contribution in [0.2, 0.25) is 0 Å². The van der Waals surface area contributed by atoms with Crippen molar-refractivity contribution in [3.8, 4) is 23.0 Å². The number of nitrogens with one attached hydrogen (secondary N) is 4. The Morgan fingerprint density at radius 1 is 0.311 bits per heavy atom. The minimum absolute atomic E-state index is 0.0815. The van der Waals surface area contributed by atoms with Gasteiger partial charge in [-0.15, -0.1) is 0 Å². The van der Waals surface area contributed by atoms with E-state index in [9.17, 15) is 19.2 Å². The van der Waals surface area contributed by atoms with E-state index in [4.69, 9.17) is 56.8 Å². The summed E-state index contributed by atoms with van der Waals surface area (Å²) in [6, 6.07) is 21.3. The summed E-state index contributed by atoms with van der Waals surface area (Å²) in [5, 5.41) is 13.1. The second kappa shape index (κ2) is 46.5. The number of anilines is 8. The van der Waals surface area contributed by atoms with Crippen molar-refractivity contribution in [2.24, 2.45) is 23.7 Å². The molecule has 4 fully saturated rings. The number of ether oxygens (including phenoxy) is 12. The summed E-state index contributed by atoms with van der Waals surface area (Å²) in [5.41, 5.74) is 3.16. The van der Waals surface area contributed by atoms with Crippen molar-refractivity contribution >= 4 is 71.1 Å². The molecule has 0 spiro atoms. The molecule has 0 bridgehead atoms. The summed E-state index contributed by atoms with van der Waals surface area (Å²) in [4.78, 5) is 111. The van der Waals surface area contributed by atoms with Crippen LogP contribution in [0.25, 0.3) is 0 Å². The van der Waals surface area contributed by atoms with E-state index in [2.05, 4.69) is 109 Å². The predicted molar refractivity (Wildman–Crippen MR) is 456 cm³/mol. The highest BCUT2D eigenvalue weighted by atomic mass is 16.6. The normalized spacial score (nSPS) is 17.5. The van der Waals surface area contributed by atoms with Crippen molar-refractivity contribution in [3.05, 3.63) is 145 Å². The van der Waals surface area contributed by atoms with Crippen LogP contribution in [0.5, 0.6) is 23.0 Å². The van der Waals surface area contributed by atoms with Crippen molar-refractivity contribution in [2.75, 3.05) is 160 Å². The second-order valence-corrected chi connectivity index (χ2v) is 30.9. The highest BCUT2D eigenvalue weighted by Gasteiger charge is 2.40. The van der Waals surface area contributed by atoms with Crippen LogP contribution in [0.15, 0.2) is 122 Å². The van der Waals surface area contributed by atoms with Gasteiger partial charge < -0.3 is 78.1 Å². The third-order valence-electron chi connectivity index (χ3n) is 20.6. The fourth-order valence-corrected chi connectivity index (χ4v) is 13.8. The van der Waals surface area contributed by atoms with Crippen LogP contribution in [0, 0.1) is 23.7 Å². The molecule has 8 aromatic rings. The molecule has 0 radical (unpaired) electrons. The van der Waals surface area contributed by atoms with E-state index in [0.717, 1.165) is 35.6 Å². The van der Waals surface area contributed by atoms with Gasteiger partial charge in [0.15, 0.2) is 0 Å². The van der Waals surface area contributed by atoms with E-state index in [1.54, 1.807) is 93.4 Å². The summed E-state index contributed by atoms with van der Waals surface area (Å²) >= 11 is 0. The monoisotopic (exact) mass is 1680 g/mol. The fourth-order valence-electron chi connectivity index (χ4n) is 13.8. The molecule has 656 valence electrons. The number of carbonyl (C=O) groups is 4. The Balaban J connectivity index is 0.000000238. The third kappa shape index (κ3) is 26.8. The standard InChI is InChI=1S/2C43H58N10O8/c2*1-28(2)36-11-12-40(54)52(36)38-13-15-44-41(50-38)48-30(5)34-9-7-32(25-46-34)59-23-21-57-19-17-56-18-20-58-22-24-60-33-8-10-35(47-26-33)31(6)49-42-45-16-14-39(51-42)53-37(29(3)4)27-61-43(53)55/h2*7-10,13-16,25-26,28-31,36-37H,11-12,17-24,27H2,1-6H3,(H,44,48,50)(H,45,49,51)/t2*30-,31-,36+,37+/m00/s1. The highest BCUT2D eigenvalue weighted by Crippen LogP contribution is 2.34. The van der Waals surface area contributed by atoms with Gasteiger partial charge in [-0.25, -0.2) is 29.5 Å². The molecule has 4 amide bonds. The number of nitrogens with zero attached hydrogens (tertiary/aromatic N) is 16. The Morgan fingerprint density at radius 2 is 0.549 bits per heavy atom.